The summed E-state index contributed by atoms with van der Waals surface area (Å²) in [7, 11) is 0. The van der Waals surface area contributed by atoms with Crippen molar-refractivity contribution in [2.75, 3.05) is 19.6 Å². The molecule has 3 rings (SSSR count). The van der Waals surface area contributed by atoms with Crippen molar-refractivity contribution >= 4 is 17.2 Å². The summed E-state index contributed by atoms with van der Waals surface area (Å²) in [6.07, 6.45) is 2.67. The van der Waals surface area contributed by atoms with Crippen LogP contribution in [0.1, 0.15) is 29.3 Å². The van der Waals surface area contributed by atoms with Gasteiger partial charge in [-0.25, -0.2) is 0 Å². The summed E-state index contributed by atoms with van der Waals surface area (Å²) >= 11 is 1.74. The molecule has 23 heavy (non-hydrogen) atoms. The van der Waals surface area contributed by atoms with E-state index in [1.165, 1.54) is 17.7 Å². The molecule has 1 aromatic carbocycles. The Labute approximate surface area is 140 Å². The van der Waals surface area contributed by atoms with Crippen LogP contribution in [0.25, 0.3) is 0 Å². The van der Waals surface area contributed by atoms with Crippen LogP contribution in [0.2, 0.25) is 0 Å². The second-order valence-electron chi connectivity index (χ2n) is 5.88. The Morgan fingerprint density at radius 3 is 2.70 bits per heavy atom. The second-order valence-corrected chi connectivity index (χ2v) is 6.86. The van der Waals surface area contributed by atoms with Crippen molar-refractivity contribution in [3.63, 3.8) is 0 Å². The molecule has 2 aromatic rings. The van der Waals surface area contributed by atoms with Crippen LogP contribution in [-0.4, -0.2) is 35.5 Å². The lowest BCUT2D eigenvalue weighted by molar-refractivity contribution is -0.120. The molecule has 2 N–H and O–H groups in total. The number of nitrogens with one attached hydrogen (secondary N) is 1. The van der Waals surface area contributed by atoms with Gasteiger partial charge in [-0.05, 0) is 43.4 Å². The van der Waals surface area contributed by atoms with E-state index in [1.807, 2.05) is 6.07 Å². The van der Waals surface area contributed by atoms with Gasteiger partial charge in [0, 0.05) is 17.0 Å². The normalized spacial score (nSPS) is 16.3. The first-order valence-corrected chi connectivity index (χ1v) is 8.93. The zero-order chi connectivity index (χ0) is 16.1. The number of hydrogen-bond donors (Lipinski definition) is 2. The van der Waals surface area contributed by atoms with Crippen LogP contribution in [0.5, 0.6) is 5.75 Å². The predicted octanol–water partition coefficient (Wildman–Crippen LogP) is 2.95. The number of aromatic hydroxyl groups is 1. The van der Waals surface area contributed by atoms with Gasteiger partial charge in [-0.15, -0.1) is 11.3 Å². The molecule has 1 aromatic heterocycles. The summed E-state index contributed by atoms with van der Waals surface area (Å²) in [4.78, 5) is 16.0. The van der Waals surface area contributed by atoms with E-state index >= 15 is 0 Å². The van der Waals surface area contributed by atoms with E-state index in [4.69, 9.17) is 0 Å². The number of hydrogen-bond acceptors (Lipinski definition) is 4. The minimum absolute atomic E-state index is 0.0488. The van der Waals surface area contributed by atoms with Gasteiger partial charge in [-0.3, -0.25) is 9.69 Å². The number of carbonyl (C=O) groups excluding carboxylic acids is 1. The third-order valence-corrected chi connectivity index (χ3v) is 5.26. The zero-order valence-electron chi connectivity index (χ0n) is 13.1. The number of nitrogens with zero attached hydrogens (tertiary/aromatic N) is 1. The van der Waals surface area contributed by atoms with E-state index < -0.39 is 0 Å². The Bertz CT molecular complexity index is 636. The topological polar surface area (TPSA) is 52.6 Å². The summed E-state index contributed by atoms with van der Waals surface area (Å²) in [6.45, 7) is 2.81. The van der Waals surface area contributed by atoms with E-state index in [0.717, 1.165) is 13.1 Å². The quantitative estimate of drug-likeness (QED) is 0.856. The highest BCUT2D eigenvalue weighted by atomic mass is 32.1. The fraction of sp³-hybridized carbons (Fsp3) is 0.389. The smallest absolute Gasteiger partial charge is 0.224 e. The van der Waals surface area contributed by atoms with E-state index in [-0.39, 0.29) is 24.1 Å². The molecule has 0 spiro atoms. The predicted molar refractivity (Wildman–Crippen MR) is 92.7 cm³/mol. The maximum Gasteiger partial charge on any atom is 0.224 e. The lowest BCUT2D eigenvalue weighted by atomic mass is 10.1. The molecular formula is C18H22N2O2S. The van der Waals surface area contributed by atoms with Gasteiger partial charge in [0.2, 0.25) is 5.91 Å². The highest BCUT2D eigenvalue weighted by Gasteiger charge is 2.24. The van der Waals surface area contributed by atoms with Crippen LogP contribution in [0.3, 0.4) is 0 Å². The average molecular weight is 330 g/mol. The fourth-order valence-electron chi connectivity index (χ4n) is 3.05. The van der Waals surface area contributed by atoms with Crippen LogP contribution in [0.15, 0.2) is 41.8 Å². The molecule has 0 bridgehead atoms. The second kappa shape index (κ2) is 7.62. The number of thiophene rings is 1. The summed E-state index contributed by atoms with van der Waals surface area (Å²) in [5.41, 5.74) is 0.666. The molecule has 1 fully saturated rings. The third-order valence-electron chi connectivity index (χ3n) is 4.29. The maximum absolute atomic E-state index is 12.2. The van der Waals surface area contributed by atoms with Crippen LogP contribution < -0.4 is 5.32 Å². The van der Waals surface area contributed by atoms with E-state index in [0.29, 0.717) is 12.1 Å². The zero-order valence-corrected chi connectivity index (χ0v) is 13.9. The molecular weight excluding hydrogens is 308 g/mol. The lowest BCUT2D eigenvalue weighted by Gasteiger charge is -2.27. The minimum Gasteiger partial charge on any atom is -0.508 e. The Hall–Kier alpha value is -1.85. The molecule has 1 amide bonds. The molecule has 1 saturated heterocycles. The fourth-order valence-corrected chi connectivity index (χ4v) is 3.91. The van der Waals surface area contributed by atoms with Gasteiger partial charge in [-0.1, -0.05) is 24.3 Å². The Morgan fingerprint density at radius 1 is 1.22 bits per heavy atom. The standard InChI is InChI=1S/C18H22N2O2S/c21-16-7-2-1-6-14(16)12-18(22)19-13-15(17-8-5-11-23-17)20-9-3-4-10-20/h1-2,5-8,11,15,21H,3-4,9-10,12-13H2,(H,19,22). The van der Waals surface area contributed by atoms with E-state index in [9.17, 15) is 9.90 Å². The molecule has 0 radical (unpaired) electrons. The molecule has 4 nitrogen and oxygen atoms in total. The van der Waals surface area contributed by atoms with Crippen molar-refractivity contribution in [3.8, 4) is 5.75 Å². The van der Waals surface area contributed by atoms with Crippen molar-refractivity contribution in [3.05, 3.63) is 52.2 Å². The Balaban J connectivity index is 1.60. The highest BCUT2D eigenvalue weighted by molar-refractivity contribution is 7.10. The van der Waals surface area contributed by atoms with Gasteiger partial charge in [-0.2, -0.15) is 0 Å². The summed E-state index contributed by atoms with van der Waals surface area (Å²) in [6, 6.07) is 11.5. The molecule has 122 valence electrons. The van der Waals surface area contributed by atoms with Crippen molar-refractivity contribution in [2.45, 2.75) is 25.3 Å². The summed E-state index contributed by atoms with van der Waals surface area (Å²) in [5.74, 6) is 0.129. The minimum atomic E-state index is -0.0488. The lowest BCUT2D eigenvalue weighted by Crippen LogP contribution is -2.37. The number of para-hydroxylation sites is 1. The molecule has 2 heterocycles. The molecule has 0 saturated carbocycles. The third kappa shape index (κ3) is 4.12. The molecule has 1 aliphatic heterocycles. The first-order chi connectivity index (χ1) is 11.2. The highest BCUT2D eigenvalue weighted by Crippen LogP contribution is 2.27. The molecule has 1 aliphatic rings. The molecule has 1 unspecified atom stereocenters. The van der Waals surface area contributed by atoms with Gasteiger partial charge >= 0.3 is 0 Å². The average Bonchev–Trinajstić information content (AvgIpc) is 3.23. The summed E-state index contributed by atoms with van der Waals surface area (Å²) in [5, 5.41) is 14.9. The number of rotatable bonds is 6. The number of carbonyl (C=O) groups is 1. The van der Waals surface area contributed by atoms with Gasteiger partial charge in [0.05, 0.1) is 12.5 Å². The van der Waals surface area contributed by atoms with E-state index in [2.05, 4.69) is 27.7 Å². The van der Waals surface area contributed by atoms with Crippen LogP contribution in [0.4, 0.5) is 0 Å². The van der Waals surface area contributed by atoms with Crippen molar-refractivity contribution in [1.29, 1.82) is 0 Å². The Morgan fingerprint density at radius 2 is 2.00 bits per heavy atom. The number of phenols is 1. The van der Waals surface area contributed by atoms with Crippen LogP contribution >= 0.6 is 11.3 Å². The summed E-state index contributed by atoms with van der Waals surface area (Å²) < 4.78 is 0. The largest absolute Gasteiger partial charge is 0.508 e. The molecule has 1 atom stereocenters. The van der Waals surface area contributed by atoms with Gasteiger partial charge in [0.15, 0.2) is 0 Å². The SMILES string of the molecule is O=C(Cc1ccccc1O)NCC(c1cccs1)N1CCCC1. The van der Waals surface area contributed by atoms with Crippen molar-refractivity contribution in [1.82, 2.24) is 10.2 Å². The van der Waals surface area contributed by atoms with Crippen LogP contribution in [0, 0.1) is 0 Å². The van der Waals surface area contributed by atoms with Gasteiger partial charge < -0.3 is 10.4 Å². The molecule has 0 aliphatic carbocycles. The first-order valence-electron chi connectivity index (χ1n) is 8.05. The Kier molecular flexibility index (Phi) is 5.31. The first kappa shape index (κ1) is 16.0. The number of amides is 1. The van der Waals surface area contributed by atoms with E-state index in [1.54, 1.807) is 29.5 Å². The number of phenolic OH excluding ortho intramolecular Hbond substituents is 1. The number of benzene rings is 1. The van der Waals surface area contributed by atoms with Crippen molar-refractivity contribution in [2.24, 2.45) is 0 Å². The monoisotopic (exact) mass is 330 g/mol. The van der Waals surface area contributed by atoms with Gasteiger partial charge in [0.1, 0.15) is 5.75 Å². The van der Waals surface area contributed by atoms with Crippen molar-refractivity contribution < 1.29 is 9.90 Å². The molecule has 5 heteroatoms. The number of likely N-dealkylation sites (tertiary alicyclic amines) is 1. The maximum atomic E-state index is 12.2. The van der Waals surface area contributed by atoms with Crippen LogP contribution in [-0.2, 0) is 11.2 Å². The van der Waals surface area contributed by atoms with Gasteiger partial charge in [0.25, 0.3) is 0 Å².